The number of rotatable bonds is 4. The predicted octanol–water partition coefficient (Wildman–Crippen LogP) is 4.11. The van der Waals surface area contributed by atoms with Crippen molar-refractivity contribution in [3.8, 4) is 5.75 Å². The number of ether oxygens (including phenoxy) is 1. The summed E-state index contributed by atoms with van der Waals surface area (Å²) in [5.74, 6) is 0.816. The summed E-state index contributed by atoms with van der Waals surface area (Å²) in [6, 6.07) is 17.8. The average Bonchev–Trinajstić information content (AvgIpc) is 2.45. The molecule has 0 aliphatic rings. The molecule has 90 valence electrons. The van der Waals surface area contributed by atoms with E-state index in [4.69, 9.17) is 4.74 Å². The molecular weight excluding hydrogens is 222 g/mol. The van der Waals surface area contributed by atoms with Gasteiger partial charge in [-0.3, -0.25) is 4.99 Å². The van der Waals surface area contributed by atoms with Gasteiger partial charge in [0, 0.05) is 12.3 Å². The zero-order chi connectivity index (χ0) is 12.6. The lowest BCUT2D eigenvalue weighted by Gasteiger charge is -1.98. The molecule has 0 aliphatic heterocycles. The monoisotopic (exact) mass is 237 g/mol. The highest BCUT2D eigenvalue weighted by molar-refractivity contribution is 5.80. The van der Waals surface area contributed by atoms with E-state index in [0.29, 0.717) is 0 Å². The van der Waals surface area contributed by atoms with Crippen LogP contribution in [0.3, 0.4) is 0 Å². The maximum absolute atomic E-state index is 5.14. The highest BCUT2D eigenvalue weighted by atomic mass is 16.5. The van der Waals surface area contributed by atoms with Crippen molar-refractivity contribution in [1.29, 1.82) is 0 Å². The zero-order valence-electron chi connectivity index (χ0n) is 10.3. The van der Waals surface area contributed by atoms with Crippen molar-refractivity contribution in [2.24, 2.45) is 4.99 Å². The van der Waals surface area contributed by atoms with E-state index in [-0.39, 0.29) is 0 Å². The molecule has 0 saturated carbocycles. The van der Waals surface area contributed by atoms with Crippen LogP contribution in [0.5, 0.6) is 5.75 Å². The Morgan fingerprint density at radius 2 is 1.83 bits per heavy atom. The van der Waals surface area contributed by atoms with Crippen LogP contribution in [-0.2, 0) is 0 Å². The van der Waals surface area contributed by atoms with Gasteiger partial charge in [-0.15, -0.1) is 0 Å². The second-order valence-electron chi connectivity index (χ2n) is 3.75. The molecule has 2 heteroatoms. The van der Waals surface area contributed by atoms with Gasteiger partial charge in [0.2, 0.25) is 0 Å². The first-order valence-corrected chi connectivity index (χ1v) is 5.78. The van der Waals surface area contributed by atoms with Gasteiger partial charge in [0.1, 0.15) is 5.75 Å². The molecule has 18 heavy (non-hydrogen) atoms. The van der Waals surface area contributed by atoms with Crippen LogP contribution >= 0.6 is 0 Å². The van der Waals surface area contributed by atoms with Crippen molar-refractivity contribution in [3.05, 3.63) is 66.2 Å². The third kappa shape index (κ3) is 3.59. The third-order valence-electron chi connectivity index (χ3n) is 2.45. The Balaban J connectivity index is 2.01. The molecule has 0 radical (unpaired) electrons. The Morgan fingerprint density at radius 3 is 2.61 bits per heavy atom. The maximum Gasteiger partial charge on any atom is 0.121 e. The van der Waals surface area contributed by atoms with Crippen LogP contribution < -0.4 is 4.74 Å². The Kier molecular flexibility index (Phi) is 4.31. The summed E-state index contributed by atoms with van der Waals surface area (Å²) in [4.78, 5) is 4.34. The van der Waals surface area contributed by atoms with E-state index in [1.54, 1.807) is 13.3 Å². The van der Waals surface area contributed by atoms with E-state index < -0.39 is 0 Å². The topological polar surface area (TPSA) is 21.6 Å². The maximum atomic E-state index is 5.14. The molecule has 0 N–H and O–H groups in total. The first kappa shape index (κ1) is 12.1. The van der Waals surface area contributed by atoms with Crippen molar-refractivity contribution in [2.75, 3.05) is 7.11 Å². The standard InChI is InChI=1S/C16H15NO/c1-18-16-11-5-10-15(13-16)17-12-6-9-14-7-3-2-4-8-14/h2-13H,1H3. The molecule has 0 amide bonds. The normalized spacial score (nSPS) is 11.2. The highest BCUT2D eigenvalue weighted by Crippen LogP contribution is 2.18. The summed E-state index contributed by atoms with van der Waals surface area (Å²) in [6.45, 7) is 0. The summed E-state index contributed by atoms with van der Waals surface area (Å²) < 4.78 is 5.14. The molecule has 0 fully saturated rings. The van der Waals surface area contributed by atoms with E-state index in [2.05, 4.69) is 17.1 Å². The van der Waals surface area contributed by atoms with Crippen LogP contribution in [0.15, 0.2) is 65.7 Å². The van der Waals surface area contributed by atoms with Crippen LogP contribution in [-0.4, -0.2) is 13.3 Å². The number of aliphatic imine (C=N–C) groups is 1. The quantitative estimate of drug-likeness (QED) is 0.733. The molecule has 0 bridgehead atoms. The molecule has 0 saturated heterocycles. The van der Waals surface area contributed by atoms with Crippen molar-refractivity contribution < 1.29 is 4.74 Å². The minimum atomic E-state index is 0.816. The van der Waals surface area contributed by atoms with Gasteiger partial charge in [-0.25, -0.2) is 0 Å². The molecule has 0 heterocycles. The van der Waals surface area contributed by atoms with Gasteiger partial charge in [-0.1, -0.05) is 42.5 Å². The summed E-state index contributed by atoms with van der Waals surface area (Å²) in [5, 5.41) is 0. The lowest BCUT2D eigenvalue weighted by Crippen LogP contribution is -1.80. The predicted molar refractivity (Wildman–Crippen MR) is 76.6 cm³/mol. The fraction of sp³-hybridized carbons (Fsp3) is 0.0625. The van der Waals surface area contributed by atoms with Crippen LogP contribution in [0.4, 0.5) is 5.69 Å². The number of nitrogens with zero attached hydrogens (tertiary/aromatic N) is 1. The van der Waals surface area contributed by atoms with Crippen molar-refractivity contribution in [3.63, 3.8) is 0 Å². The molecule has 2 nitrogen and oxygen atoms in total. The Hall–Kier alpha value is -2.35. The summed E-state index contributed by atoms with van der Waals surface area (Å²) in [7, 11) is 1.65. The molecule has 0 atom stereocenters. The fourth-order valence-electron chi connectivity index (χ4n) is 1.54. The van der Waals surface area contributed by atoms with Gasteiger partial charge in [-0.2, -0.15) is 0 Å². The summed E-state index contributed by atoms with van der Waals surface area (Å²) >= 11 is 0. The zero-order valence-corrected chi connectivity index (χ0v) is 10.3. The summed E-state index contributed by atoms with van der Waals surface area (Å²) in [6.07, 6.45) is 5.72. The lowest BCUT2D eigenvalue weighted by molar-refractivity contribution is 0.415. The largest absolute Gasteiger partial charge is 0.497 e. The Labute approximate surface area is 107 Å². The molecule has 2 aromatic rings. The van der Waals surface area contributed by atoms with Gasteiger partial charge in [0.05, 0.1) is 12.8 Å². The minimum Gasteiger partial charge on any atom is -0.497 e. The minimum absolute atomic E-state index is 0.816. The van der Waals surface area contributed by atoms with E-state index in [1.165, 1.54) is 0 Å². The van der Waals surface area contributed by atoms with Gasteiger partial charge < -0.3 is 4.74 Å². The lowest BCUT2D eigenvalue weighted by atomic mass is 10.2. The van der Waals surface area contributed by atoms with Crippen molar-refractivity contribution in [2.45, 2.75) is 0 Å². The number of benzene rings is 2. The second kappa shape index (κ2) is 6.40. The average molecular weight is 237 g/mol. The molecular formula is C16H15NO. The summed E-state index contributed by atoms with van der Waals surface area (Å²) in [5.41, 5.74) is 2.04. The molecule has 2 rings (SSSR count). The number of methoxy groups -OCH3 is 1. The molecule has 0 spiro atoms. The van der Waals surface area contributed by atoms with E-state index in [1.807, 2.05) is 54.6 Å². The van der Waals surface area contributed by atoms with Crippen LogP contribution in [0.1, 0.15) is 5.56 Å². The van der Waals surface area contributed by atoms with E-state index >= 15 is 0 Å². The van der Waals surface area contributed by atoms with Crippen LogP contribution in [0.2, 0.25) is 0 Å². The van der Waals surface area contributed by atoms with Crippen LogP contribution in [0, 0.1) is 0 Å². The Morgan fingerprint density at radius 1 is 1.00 bits per heavy atom. The molecule has 0 unspecified atom stereocenters. The molecule has 0 aromatic heterocycles. The van der Waals surface area contributed by atoms with Gasteiger partial charge >= 0.3 is 0 Å². The number of hydrogen-bond donors (Lipinski definition) is 0. The van der Waals surface area contributed by atoms with E-state index in [0.717, 1.165) is 17.0 Å². The van der Waals surface area contributed by atoms with E-state index in [9.17, 15) is 0 Å². The second-order valence-corrected chi connectivity index (χ2v) is 3.75. The number of hydrogen-bond acceptors (Lipinski definition) is 2. The fourth-order valence-corrected chi connectivity index (χ4v) is 1.54. The third-order valence-corrected chi connectivity index (χ3v) is 2.45. The van der Waals surface area contributed by atoms with Gasteiger partial charge in [0.25, 0.3) is 0 Å². The molecule has 2 aromatic carbocycles. The Bertz CT molecular complexity index is 544. The van der Waals surface area contributed by atoms with Crippen molar-refractivity contribution >= 4 is 18.0 Å². The first-order valence-electron chi connectivity index (χ1n) is 5.78. The van der Waals surface area contributed by atoms with Gasteiger partial charge in [-0.05, 0) is 23.8 Å². The van der Waals surface area contributed by atoms with Crippen molar-refractivity contribution in [1.82, 2.24) is 0 Å². The smallest absolute Gasteiger partial charge is 0.121 e. The SMILES string of the molecule is COc1cccc(N=CC=Cc2ccccc2)c1. The first-order chi connectivity index (χ1) is 8.88. The number of allylic oxidation sites excluding steroid dienone is 1. The molecule has 0 aliphatic carbocycles. The van der Waals surface area contributed by atoms with Gasteiger partial charge in [0.15, 0.2) is 0 Å². The highest BCUT2D eigenvalue weighted by Gasteiger charge is 1.91. The van der Waals surface area contributed by atoms with Crippen LogP contribution in [0.25, 0.3) is 6.08 Å².